The van der Waals surface area contributed by atoms with Gasteiger partial charge in [-0.15, -0.1) is 13.2 Å². The van der Waals surface area contributed by atoms with Gasteiger partial charge in [-0.25, -0.2) is 9.78 Å². The molecule has 0 aliphatic heterocycles. The van der Waals surface area contributed by atoms with Gasteiger partial charge in [0.1, 0.15) is 11.4 Å². The number of hydrogen-bond donors (Lipinski definition) is 0. The smallest absolute Gasteiger partial charge is 0.406 e. The van der Waals surface area contributed by atoms with Crippen LogP contribution in [-0.2, 0) is 4.79 Å². The third-order valence-electron chi connectivity index (χ3n) is 3.21. The molecule has 0 amide bonds. The Labute approximate surface area is 134 Å². The minimum Gasteiger partial charge on any atom is -0.406 e. The van der Waals surface area contributed by atoms with Crippen molar-refractivity contribution in [2.45, 2.75) is 6.36 Å². The van der Waals surface area contributed by atoms with E-state index in [0.717, 1.165) is 5.39 Å². The van der Waals surface area contributed by atoms with E-state index in [1.807, 2.05) is 0 Å². The summed E-state index contributed by atoms with van der Waals surface area (Å²) < 4.78 is 41.0. The number of hydrogen-bond acceptors (Lipinski definition) is 4. The molecule has 0 radical (unpaired) electrons. The first-order chi connectivity index (χ1) is 11.5. The predicted octanol–water partition coefficient (Wildman–Crippen LogP) is 4.77. The lowest BCUT2D eigenvalue weighted by atomic mass is 10.1. The normalized spacial score (nSPS) is 11.1. The second-order valence-corrected chi connectivity index (χ2v) is 4.83. The molecule has 4 nitrogen and oxygen atoms in total. The van der Waals surface area contributed by atoms with Crippen LogP contribution in [0.3, 0.4) is 0 Å². The molecule has 24 heavy (non-hydrogen) atoms. The van der Waals surface area contributed by atoms with Gasteiger partial charge >= 0.3 is 6.36 Å². The molecule has 0 saturated heterocycles. The van der Waals surface area contributed by atoms with Crippen LogP contribution < -0.4 is 4.74 Å². The second kappa shape index (κ2) is 6.14. The van der Waals surface area contributed by atoms with Gasteiger partial charge in [0.2, 0.25) is 6.08 Å². The Hall–Kier alpha value is -3.18. The third-order valence-corrected chi connectivity index (χ3v) is 3.21. The maximum Gasteiger partial charge on any atom is 0.573 e. The highest BCUT2D eigenvalue weighted by Gasteiger charge is 2.31. The van der Waals surface area contributed by atoms with Crippen LogP contribution in [0.1, 0.15) is 0 Å². The van der Waals surface area contributed by atoms with Gasteiger partial charge in [0, 0.05) is 10.9 Å². The molecule has 120 valence electrons. The van der Waals surface area contributed by atoms with Gasteiger partial charge in [-0.1, -0.05) is 30.3 Å². The van der Waals surface area contributed by atoms with Crippen molar-refractivity contribution in [3.63, 3.8) is 0 Å². The Kier molecular flexibility index (Phi) is 4.02. The lowest BCUT2D eigenvalue weighted by Crippen LogP contribution is -2.17. The van der Waals surface area contributed by atoms with E-state index in [-0.39, 0.29) is 17.1 Å². The number of alkyl halides is 3. The summed E-state index contributed by atoms with van der Waals surface area (Å²) >= 11 is 0. The minimum atomic E-state index is -4.79. The topological polar surface area (TPSA) is 51.5 Å². The zero-order valence-electron chi connectivity index (χ0n) is 12.0. The first-order valence-corrected chi connectivity index (χ1v) is 6.80. The van der Waals surface area contributed by atoms with Crippen LogP contribution in [0, 0.1) is 0 Å². The molecule has 1 aromatic heterocycles. The summed E-state index contributed by atoms with van der Waals surface area (Å²) in [5.74, 6) is -0.379. The van der Waals surface area contributed by atoms with Gasteiger partial charge < -0.3 is 4.74 Å². The molecule has 0 fully saturated rings. The molecule has 0 aliphatic rings. The predicted molar refractivity (Wildman–Crippen MR) is 81.6 cm³/mol. The summed E-state index contributed by atoms with van der Waals surface area (Å²) in [5, 5.41) is 0.748. The Morgan fingerprint density at radius 2 is 1.83 bits per heavy atom. The van der Waals surface area contributed by atoms with Crippen molar-refractivity contribution < 1.29 is 22.7 Å². The fourth-order valence-electron chi connectivity index (χ4n) is 2.29. The summed E-state index contributed by atoms with van der Waals surface area (Å²) in [5.41, 5.74) is 1.45. The quantitative estimate of drug-likeness (QED) is 0.513. The monoisotopic (exact) mass is 330 g/mol. The number of nitrogens with zero attached hydrogens (tertiary/aromatic N) is 2. The lowest BCUT2D eigenvalue weighted by Gasteiger charge is -2.11. The third kappa shape index (κ3) is 3.42. The number of pyridine rings is 1. The highest BCUT2D eigenvalue weighted by molar-refractivity contribution is 5.88. The molecule has 0 atom stereocenters. The van der Waals surface area contributed by atoms with Crippen LogP contribution in [0.15, 0.2) is 59.6 Å². The fourth-order valence-corrected chi connectivity index (χ4v) is 2.29. The number of isocyanates is 1. The molecule has 0 spiro atoms. The molecule has 0 N–H and O–H groups in total. The summed E-state index contributed by atoms with van der Waals surface area (Å²) in [6.45, 7) is 0. The Morgan fingerprint density at radius 3 is 2.58 bits per heavy atom. The molecule has 0 saturated carbocycles. The number of para-hydroxylation sites is 1. The van der Waals surface area contributed by atoms with Crippen LogP contribution in [0.5, 0.6) is 5.75 Å². The average Bonchev–Trinajstić information content (AvgIpc) is 2.53. The number of carbonyl (C=O) groups excluding carboxylic acids is 1. The van der Waals surface area contributed by atoms with Crippen molar-refractivity contribution in [1.82, 2.24) is 4.98 Å². The standard InChI is InChI=1S/C17H9F3N2O2/c18-17(19,20)24-13-6-3-5-12(8-13)16-15(21-10-23)9-11-4-1-2-7-14(11)22-16/h1-9H. The maximum absolute atomic E-state index is 12.4. The van der Waals surface area contributed by atoms with E-state index >= 15 is 0 Å². The molecule has 3 aromatic rings. The second-order valence-electron chi connectivity index (χ2n) is 4.83. The molecule has 0 bridgehead atoms. The number of halogens is 3. The van der Waals surface area contributed by atoms with Gasteiger partial charge in [0.25, 0.3) is 0 Å². The number of aliphatic imine (C=N–C) groups is 1. The first kappa shape index (κ1) is 15.7. The van der Waals surface area contributed by atoms with E-state index in [9.17, 15) is 18.0 Å². The Balaban J connectivity index is 2.16. The summed E-state index contributed by atoms with van der Waals surface area (Å²) in [7, 11) is 0. The molecule has 1 heterocycles. The summed E-state index contributed by atoms with van der Waals surface area (Å²) in [6, 6.07) is 14.1. The lowest BCUT2D eigenvalue weighted by molar-refractivity contribution is -0.274. The summed E-state index contributed by atoms with van der Waals surface area (Å²) in [4.78, 5) is 18.7. The van der Waals surface area contributed by atoms with Gasteiger partial charge in [0.05, 0.1) is 11.2 Å². The van der Waals surface area contributed by atoms with E-state index in [1.54, 1.807) is 36.4 Å². The van der Waals surface area contributed by atoms with Gasteiger partial charge in [0.15, 0.2) is 0 Å². The number of fused-ring (bicyclic) bond motifs is 1. The number of ether oxygens (including phenoxy) is 1. The maximum atomic E-state index is 12.4. The van der Waals surface area contributed by atoms with Gasteiger partial charge in [-0.2, -0.15) is 4.99 Å². The molecule has 7 heteroatoms. The minimum absolute atomic E-state index is 0.216. The number of rotatable bonds is 3. The Bertz CT molecular complexity index is 948. The molecule has 2 aromatic carbocycles. The van der Waals surface area contributed by atoms with Crippen LogP contribution in [0.4, 0.5) is 18.9 Å². The van der Waals surface area contributed by atoms with E-state index in [0.29, 0.717) is 11.1 Å². The van der Waals surface area contributed by atoms with Crippen LogP contribution in [-0.4, -0.2) is 17.4 Å². The van der Waals surface area contributed by atoms with Crippen molar-refractivity contribution in [1.29, 1.82) is 0 Å². The average molecular weight is 330 g/mol. The largest absolute Gasteiger partial charge is 0.573 e. The van der Waals surface area contributed by atoms with Gasteiger partial charge in [-0.3, -0.25) is 0 Å². The molecule has 3 rings (SSSR count). The number of benzene rings is 2. The zero-order valence-corrected chi connectivity index (χ0v) is 12.0. The summed E-state index contributed by atoms with van der Waals surface area (Å²) in [6.07, 6.45) is -3.36. The molecule has 0 aliphatic carbocycles. The van der Waals surface area contributed by atoms with Crippen LogP contribution >= 0.6 is 0 Å². The van der Waals surface area contributed by atoms with E-state index in [4.69, 9.17) is 0 Å². The highest BCUT2D eigenvalue weighted by atomic mass is 19.4. The van der Waals surface area contributed by atoms with Crippen molar-refractivity contribution in [2.24, 2.45) is 4.99 Å². The Morgan fingerprint density at radius 1 is 1.04 bits per heavy atom. The first-order valence-electron chi connectivity index (χ1n) is 6.80. The van der Waals surface area contributed by atoms with Crippen LogP contribution in [0.25, 0.3) is 22.2 Å². The van der Waals surface area contributed by atoms with E-state index in [2.05, 4.69) is 14.7 Å². The fraction of sp³-hybridized carbons (Fsp3) is 0.0588. The zero-order chi connectivity index (χ0) is 17.2. The van der Waals surface area contributed by atoms with E-state index < -0.39 is 6.36 Å². The van der Waals surface area contributed by atoms with Crippen molar-refractivity contribution >= 4 is 22.7 Å². The van der Waals surface area contributed by atoms with Crippen molar-refractivity contribution in [3.8, 4) is 17.0 Å². The van der Waals surface area contributed by atoms with E-state index in [1.165, 1.54) is 24.3 Å². The molecular formula is C17H9F3N2O2. The molecular weight excluding hydrogens is 321 g/mol. The molecule has 0 unspecified atom stereocenters. The highest BCUT2D eigenvalue weighted by Crippen LogP contribution is 2.34. The number of aromatic nitrogens is 1. The van der Waals surface area contributed by atoms with Crippen molar-refractivity contribution in [3.05, 3.63) is 54.6 Å². The van der Waals surface area contributed by atoms with Crippen LogP contribution in [0.2, 0.25) is 0 Å². The van der Waals surface area contributed by atoms with Crippen molar-refractivity contribution in [2.75, 3.05) is 0 Å². The van der Waals surface area contributed by atoms with Gasteiger partial charge in [-0.05, 0) is 24.3 Å². The SMILES string of the molecule is O=C=Nc1cc2ccccc2nc1-c1cccc(OC(F)(F)F)c1.